The normalized spacial score (nSPS) is 19.8. The van der Waals surface area contributed by atoms with Crippen LogP contribution in [0.15, 0.2) is 28.2 Å². The summed E-state index contributed by atoms with van der Waals surface area (Å²) in [4.78, 5) is 3.56. The third-order valence-electron chi connectivity index (χ3n) is 3.84. The van der Waals surface area contributed by atoms with Gasteiger partial charge in [-0.25, -0.2) is 0 Å². The molecule has 20 heavy (non-hydrogen) atoms. The van der Waals surface area contributed by atoms with E-state index in [0.29, 0.717) is 0 Å². The Bertz CT molecular complexity index is 555. The molecule has 1 saturated heterocycles. The van der Waals surface area contributed by atoms with Crippen molar-refractivity contribution in [3.05, 3.63) is 34.2 Å². The first-order valence-corrected chi connectivity index (χ1v) is 6.89. The van der Waals surface area contributed by atoms with Gasteiger partial charge in [0.15, 0.2) is 0 Å². The SMILES string of the molecule is CC1(C)OB(c2cc(S)cc(CN=[N+]=[N-])c2)OC1(C)C. The Morgan fingerprint density at radius 2 is 1.80 bits per heavy atom. The largest absolute Gasteiger partial charge is 0.494 e. The number of rotatable bonds is 3. The molecular weight excluding hydrogens is 273 g/mol. The average Bonchev–Trinajstić information content (AvgIpc) is 2.55. The molecule has 7 heteroatoms. The lowest BCUT2D eigenvalue weighted by atomic mass is 9.78. The highest BCUT2D eigenvalue weighted by Crippen LogP contribution is 2.36. The van der Waals surface area contributed by atoms with Gasteiger partial charge in [0.1, 0.15) is 0 Å². The monoisotopic (exact) mass is 291 g/mol. The van der Waals surface area contributed by atoms with Crippen molar-refractivity contribution in [1.82, 2.24) is 0 Å². The van der Waals surface area contributed by atoms with Gasteiger partial charge in [0, 0.05) is 9.81 Å². The minimum absolute atomic E-state index is 0.289. The first kappa shape index (κ1) is 15.3. The van der Waals surface area contributed by atoms with Crippen LogP contribution < -0.4 is 5.46 Å². The van der Waals surface area contributed by atoms with E-state index in [2.05, 4.69) is 22.7 Å². The van der Waals surface area contributed by atoms with E-state index in [0.717, 1.165) is 15.9 Å². The number of thiol groups is 1. The molecule has 5 nitrogen and oxygen atoms in total. The van der Waals surface area contributed by atoms with Crippen molar-refractivity contribution in [2.45, 2.75) is 50.3 Å². The highest BCUT2D eigenvalue weighted by Gasteiger charge is 2.51. The molecule has 1 fully saturated rings. The molecule has 1 aromatic rings. The topological polar surface area (TPSA) is 67.2 Å². The van der Waals surface area contributed by atoms with E-state index in [1.807, 2.05) is 45.9 Å². The fourth-order valence-electron chi connectivity index (χ4n) is 2.02. The molecule has 0 unspecified atom stereocenters. The summed E-state index contributed by atoms with van der Waals surface area (Å²) in [5.41, 5.74) is 9.42. The third-order valence-corrected chi connectivity index (χ3v) is 4.10. The molecule has 0 aromatic heterocycles. The van der Waals surface area contributed by atoms with Gasteiger partial charge in [-0.2, -0.15) is 0 Å². The third kappa shape index (κ3) is 2.96. The van der Waals surface area contributed by atoms with Gasteiger partial charge in [0.05, 0.1) is 17.7 Å². The molecule has 0 radical (unpaired) electrons. The second-order valence-corrected chi connectivity index (χ2v) is 6.43. The quantitative estimate of drug-likeness (QED) is 0.306. The summed E-state index contributed by atoms with van der Waals surface area (Å²) in [7, 11) is -0.433. The Hall–Kier alpha value is -1.14. The van der Waals surface area contributed by atoms with Crippen molar-refractivity contribution >= 4 is 25.2 Å². The van der Waals surface area contributed by atoms with E-state index in [1.54, 1.807) is 0 Å². The van der Waals surface area contributed by atoms with E-state index in [-0.39, 0.29) is 17.7 Å². The summed E-state index contributed by atoms with van der Waals surface area (Å²) in [6.07, 6.45) is 0. The zero-order chi connectivity index (χ0) is 15.0. The fourth-order valence-corrected chi connectivity index (χ4v) is 2.33. The highest BCUT2D eigenvalue weighted by molar-refractivity contribution is 7.80. The van der Waals surface area contributed by atoms with Gasteiger partial charge in [-0.1, -0.05) is 11.2 Å². The molecule has 0 aliphatic carbocycles. The van der Waals surface area contributed by atoms with Crippen LogP contribution in [0.5, 0.6) is 0 Å². The molecule has 1 aliphatic rings. The van der Waals surface area contributed by atoms with Gasteiger partial charge in [-0.05, 0) is 56.4 Å². The van der Waals surface area contributed by atoms with Crippen molar-refractivity contribution in [2.24, 2.45) is 5.11 Å². The molecular formula is C13H18BN3O2S. The number of hydrogen-bond donors (Lipinski definition) is 1. The molecule has 0 atom stereocenters. The molecule has 2 rings (SSSR count). The van der Waals surface area contributed by atoms with Gasteiger partial charge in [0.25, 0.3) is 0 Å². The Labute approximate surface area is 124 Å². The lowest BCUT2D eigenvalue weighted by Gasteiger charge is -2.32. The standard InChI is InChI=1S/C13H18BN3O2S/c1-12(2)13(3,4)19-14(18-12)10-5-9(8-16-17-15)6-11(20)7-10/h5-7,20H,8H2,1-4H3. The zero-order valence-corrected chi connectivity index (χ0v) is 13.0. The lowest BCUT2D eigenvalue weighted by Crippen LogP contribution is -2.41. The molecule has 0 amide bonds. The summed E-state index contributed by atoms with van der Waals surface area (Å²) >= 11 is 4.38. The maximum atomic E-state index is 8.40. The number of azide groups is 1. The summed E-state index contributed by atoms with van der Waals surface area (Å²) < 4.78 is 12.0. The van der Waals surface area contributed by atoms with Crippen LogP contribution in [0.2, 0.25) is 0 Å². The predicted molar refractivity (Wildman–Crippen MR) is 82.3 cm³/mol. The number of benzene rings is 1. The Balaban J connectivity index is 2.30. The van der Waals surface area contributed by atoms with Gasteiger partial charge in [0.2, 0.25) is 0 Å². The maximum absolute atomic E-state index is 8.40. The summed E-state index contributed by atoms with van der Waals surface area (Å²) in [6, 6.07) is 5.70. The Kier molecular flexibility index (Phi) is 4.07. The highest BCUT2D eigenvalue weighted by atomic mass is 32.1. The van der Waals surface area contributed by atoms with Gasteiger partial charge in [-0.3, -0.25) is 0 Å². The minimum Gasteiger partial charge on any atom is -0.399 e. The summed E-state index contributed by atoms with van der Waals surface area (Å²) in [6.45, 7) is 8.34. The second-order valence-electron chi connectivity index (χ2n) is 5.91. The van der Waals surface area contributed by atoms with Crippen molar-refractivity contribution in [3.63, 3.8) is 0 Å². The van der Waals surface area contributed by atoms with Crippen LogP contribution in [0.3, 0.4) is 0 Å². The number of hydrogen-bond acceptors (Lipinski definition) is 4. The molecule has 0 bridgehead atoms. The first-order valence-electron chi connectivity index (χ1n) is 6.44. The van der Waals surface area contributed by atoms with Crippen LogP contribution in [0.1, 0.15) is 33.3 Å². The van der Waals surface area contributed by atoms with Crippen molar-refractivity contribution < 1.29 is 9.31 Å². The lowest BCUT2D eigenvalue weighted by molar-refractivity contribution is 0.00578. The van der Waals surface area contributed by atoms with E-state index >= 15 is 0 Å². The van der Waals surface area contributed by atoms with E-state index in [1.165, 1.54) is 0 Å². The van der Waals surface area contributed by atoms with Gasteiger partial charge >= 0.3 is 7.12 Å². The average molecular weight is 291 g/mol. The van der Waals surface area contributed by atoms with Crippen LogP contribution in [-0.2, 0) is 15.9 Å². The van der Waals surface area contributed by atoms with E-state index in [9.17, 15) is 0 Å². The van der Waals surface area contributed by atoms with E-state index in [4.69, 9.17) is 14.8 Å². The van der Waals surface area contributed by atoms with Crippen LogP contribution >= 0.6 is 12.6 Å². The van der Waals surface area contributed by atoms with Gasteiger partial charge in [-0.15, -0.1) is 12.6 Å². The summed E-state index contributed by atoms with van der Waals surface area (Å²) in [5.74, 6) is 0. The molecule has 106 valence electrons. The smallest absolute Gasteiger partial charge is 0.399 e. The number of nitrogens with zero attached hydrogens (tertiary/aromatic N) is 3. The first-order chi connectivity index (χ1) is 9.25. The fraction of sp³-hybridized carbons (Fsp3) is 0.538. The van der Waals surface area contributed by atoms with E-state index < -0.39 is 7.12 Å². The predicted octanol–water partition coefficient (Wildman–Crippen LogP) is 3.08. The molecule has 0 N–H and O–H groups in total. The van der Waals surface area contributed by atoms with Crippen LogP contribution in [-0.4, -0.2) is 18.3 Å². The Morgan fingerprint density at radius 1 is 1.20 bits per heavy atom. The molecule has 1 aliphatic heterocycles. The molecule has 1 aromatic carbocycles. The molecule has 1 heterocycles. The molecule has 0 spiro atoms. The van der Waals surface area contributed by atoms with Crippen molar-refractivity contribution in [3.8, 4) is 0 Å². The van der Waals surface area contributed by atoms with Gasteiger partial charge < -0.3 is 9.31 Å². The second kappa shape index (κ2) is 5.33. The van der Waals surface area contributed by atoms with Crippen LogP contribution in [0, 0.1) is 0 Å². The zero-order valence-electron chi connectivity index (χ0n) is 12.1. The summed E-state index contributed by atoms with van der Waals surface area (Å²) in [5, 5.41) is 3.57. The van der Waals surface area contributed by atoms with Crippen LogP contribution in [0.4, 0.5) is 0 Å². The van der Waals surface area contributed by atoms with Crippen molar-refractivity contribution in [2.75, 3.05) is 0 Å². The Morgan fingerprint density at radius 3 is 2.35 bits per heavy atom. The maximum Gasteiger partial charge on any atom is 0.494 e. The van der Waals surface area contributed by atoms with Crippen molar-refractivity contribution in [1.29, 1.82) is 0 Å². The molecule has 0 saturated carbocycles. The minimum atomic E-state index is -0.433. The van der Waals surface area contributed by atoms with Crippen LogP contribution in [0.25, 0.3) is 10.4 Å².